The zero-order valence-corrected chi connectivity index (χ0v) is 14.6. The van der Waals surface area contributed by atoms with Crippen LogP contribution < -0.4 is 0 Å². The van der Waals surface area contributed by atoms with Crippen LogP contribution in [0, 0.1) is 0 Å². The van der Waals surface area contributed by atoms with Gasteiger partial charge >= 0.3 is 0 Å². The molecular formula is C17H14N4OS2. The van der Waals surface area contributed by atoms with E-state index < -0.39 is 0 Å². The Hall–Kier alpha value is -2.25. The summed E-state index contributed by atoms with van der Waals surface area (Å²) in [4.78, 5) is 11.0. The van der Waals surface area contributed by atoms with Gasteiger partial charge in [-0.05, 0) is 11.6 Å². The van der Waals surface area contributed by atoms with Crippen LogP contribution in [0.1, 0.15) is 18.7 Å². The first kappa shape index (κ1) is 15.3. The van der Waals surface area contributed by atoms with Gasteiger partial charge in [0.15, 0.2) is 0 Å². The lowest BCUT2D eigenvalue weighted by Crippen LogP contribution is -1.85. The molecule has 0 atom stereocenters. The predicted octanol–water partition coefficient (Wildman–Crippen LogP) is 4.60. The maximum absolute atomic E-state index is 5.56. The summed E-state index contributed by atoms with van der Waals surface area (Å²) >= 11 is 3.27. The number of thiophene rings is 1. The first-order valence-electron chi connectivity index (χ1n) is 7.57. The molecule has 0 unspecified atom stereocenters. The lowest BCUT2D eigenvalue weighted by Gasteiger charge is -1.98. The number of nitrogens with zero attached hydrogens (tertiary/aromatic N) is 4. The highest BCUT2D eigenvalue weighted by Gasteiger charge is 2.12. The van der Waals surface area contributed by atoms with E-state index in [4.69, 9.17) is 4.42 Å². The molecule has 120 valence electrons. The van der Waals surface area contributed by atoms with Gasteiger partial charge in [-0.1, -0.05) is 49.0 Å². The molecule has 0 saturated heterocycles. The number of benzene rings is 1. The van der Waals surface area contributed by atoms with Gasteiger partial charge in [0.25, 0.3) is 0 Å². The average molecular weight is 354 g/mol. The molecule has 0 radical (unpaired) electrons. The Morgan fingerprint density at radius 1 is 1.08 bits per heavy atom. The summed E-state index contributed by atoms with van der Waals surface area (Å²) in [6.45, 7) is 1.99. The molecular weight excluding hydrogens is 340 g/mol. The first-order valence-corrected chi connectivity index (χ1v) is 9.37. The smallest absolute Gasteiger partial charge is 0.226 e. The third-order valence-corrected chi connectivity index (χ3v) is 5.58. The Labute approximate surface area is 147 Å². The van der Waals surface area contributed by atoms with Crippen molar-refractivity contribution in [1.82, 2.24) is 20.2 Å². The second-order valence-corrected chi connectivity index (χ2v) is 7.10. The zero-order chi connectivity index (χ0) is 16.4. The summed E-state index contributed by atoms with van der Waals surface area (Å²) in [6.07, 6.45) is 2.36. The van der Waals surface area contributed by atoms with Crippen molar-refractivity contribution < 1.29 is 4.42 Å². The summed E-state index contributed by atoms with van der Waals surface area (Å²) in [7, 11) is 0. The van der Waals surface area contributed by atoms with Crippen molar-refractivity contribution in [3.05, 3.63) is 54.5 Å². The summed E-state index contributed by atoms with van der Waals surface area (Å²) in [6, 6.07) is 12.5. The van der Waals surface area contributed by atoms with Crippen LogP contribution >= 0.6 is 23.1 Å². The maximum atomic E-state index is 5.56. The second-order valence-electron chi connectivity index (χ2n) is 5.11. The standard InChI is InChI=1S/C17H14N4OS2/c1-2-14-20-21-15(22-14)9-23-16-12-8-13(11-6-4-3-5-7-11)24-17(12)19-10-18-16/h3-8,10H,2,9H2,1H3. The number of aryl methyl sites for hydroxylation is 1. The highest BCUT2D eigenvalue weighted by molar-refractivity contribution is 7.98. The van der Waals surface area contributed by atoms with E-state index in [9.17, 15) is 0 Å². The van der Waals surface area contributed by atoms with Crippen molar-refractivity contribution in [2.75, 3.05) is 0 Å². The molecule has 0 aliphatic heterocycles. The topological polar surface area (TPSA) is 64.7 Å². The molecule has 0 fully saturated rings. The fourth-order valence-corrected chi connectivity index (χ4v) is 4.19. The van der Waals surface area contributed by atoms with Crippen LogP contribution in [0.5, 0.6) is 0 Å². The molecule has 1 aromatic carbocycles. The van der Waals surface area contributed by atoms with Crippen LogP contribution in [-0.4, -0.2) is 20.2 Å². The lowest BCUT2D eigenvalue weighted by atomic mass is 10.2. The van der Waals surface area contributed by atoms with Crippen LogP contribution in [0.4, 0.5) is 0 Å². The molecule has 0 bridgehead atoms. The maximum Gasteiger partial charge on any atom is 0.226 e. The Kier molecular flexibility index (Phi) is 4.27. The van der Waals surface area contributed by atoms with E-state index in [2.05, 4.69) is 38.4 Å². The Morgan fingerprint density at radius 3 is 2.71 bits per heavy atom. The van der Waals surface area contributed by atoms with Crippen molar-refractivity contribution in [3.8, 4) is 10.4 Å². The SMILES string of the molecule is CCc1nnc(CSc2ncnc3sc(-c4ccccc4)cc23)o1. The van der Waals surface area contributed by atoms with E-state index in [0.717, 1.165) is 21.7 Å². The molecule has 0 saturated carbocycles. The first-order chi connectivity index (χ1) is 11.8. The molecule has 4 rings (SSSR count). The van der Waals surface area contributed by atoms with E-state index in [-0.39, 0.29) is 0 Å². The minimum atomic E-state index is 0.607. The predicted molar refractivity (Wildman–Crippen MR) is 96.1 cm³/mol. The van der Waals surface area contributed by atoms with Gasteiger partial charge in [-0.3, -0.25) is 0 Å². The third kappa shape index (κ3) is 3.05. The van der Waals surface area contributed by atoms with E-state index in [1.807, 2.05) is 25.1 Å². The van der Waals surface area contributed by atoms with Crippen molar-refractivity contribution in [3.63, 3.8) is 0 Å². The molecule has 7 heteroatoms. The summed E-state index contributed by atoms with van der Waals surface area (Å²) in [5.74, 6) is 1.90. The summed E-state index contributed by atoms with van der Waals surface area (Å²) in [5, 5.41) is 10.1. The van der Waals surface area contributed by atoms with Crippen molar-refractivity contribution >= 4 is 33.3 Å². The van der Waals surface area contributed by atoms with E-state index in [1.54, 1.807) is 29.4 Å². The van der Waals surface area contributed by atoms with Gasteiger partial charge in [-0.15, -0.1) is 21.5 Å². The summed E-state index contributed by atoms with van der Waals surface area (Å²) < 4.78 is 5.56. The number of thioether (sulfide) groups is 1. The molecule has 3 heterocycles. The Morgan fingerprint density at radius 2 is 1.92 bits per heavy atom. The monoisotopic (exact) mass is 354 g/mol. The fraction of sp³-hybridized carbons (Fsp3) is 0.176. The lowest BCUT2D eigenvalue weighted by molar-refractivity contribution is 0.470. The number of rotatable bonds is 5. The zero-order valence-electron chi connectivity index (χ0n) is 13.0. The largest absolute Gasteiger partial charge is 0.424 e. The highest BCUT2D eigenvalue weighted by Crippen LogP contribution is 2.36. The van der Waals surface area contributed by atoms with Crippen molar-refractivity contribution in [2.45, 2.75) is 24.1 Å². The molecule has 3 aromatic heterocycles. The molecule has 0 spiro atoms. The van der Waals surface area contributed by atoms with Crippen LogP contribution in [0.3, 0.4) is 0 Å². The van der Waals surface area contributed by atoms with Crippen molar-refractivity contribution in [2.24, 2.45) is 0 Å². The number of fused-ring (bicyclic) bond motifs is 1. The van der Waals surface area contributed by atoms with Gasteiger partial charge in [-0.25, -0.2) is 9.97 Å². The van der Waals surface area contributed by atoms with E-state index in [1.165, 1.54) is 10.4 Å². The van der Waals surface area contributed by atoms with Gasteiger partial charge in [-0.2, -0.15) is 0 Å². The second kappa shape index (κ2) is 6.70. The average Bonchev–Trinajstić information content (AvgIpc) is 3.27. The van der Waals surface area contributed by atoms with Gasteiger partial charge in [0.2, 0.25) is 11.8 Å². The van der Waals surface area contributed by atoms with Gasteiger partial charge in [0.1, 0.15) is 16.2 Å². The van der Waals surface area contributed by atoms with Gasteiger partial charge in [0.05, 0.1) is 5.75 Å². The molecule has 0 amide bonds. The van der Waals surface area contributed by atoms with Crippen LogP contribution in [0.25, 0.3) is 20.7 Å². The molecule has 24 heavy (non-hydrogen) atoms. The van der Waals surface area contributed by atoms with Crippen molar-refractivity contribution in [1.29, 1.82) is 0 Å². The Bertz CT molecular complexity index is 965. The van der Waals surface area contributed by atoms with Crippen LogP contribution in [0.15, 0.2) is 52.2 Å². The van der Waals surface area contributed by atoms with Crippen LogP contribution in [0.2, 0.25) is 0 Å². The highest BCUT2D eigenvalue weighted by atomic mass is 32.2. The van der Waals surface area contributed by atoms with E-state index >= 15 is 0 Å². The van der Waals surface area contributed by atoms with Gasteiger partial charge < -0.3 is 4.42 Å². The molecule has 0 aliphatic carbocycles. The minimum absolute atomic E-state index is 0.607. The number of hydrogen-bond acceptors (Lipinski definition) is 7. The van der Waals surface area contributed by atoms with Gasteiger partial charge in [0, 0.05) is 16.7 Å². The third-order valence-electron chi connectivity index (χ3n) is 3.49. The van der Waals surface area contributed by atoms with Crippen LogP contribution in [-0.2, 0) is 12.2 Å². The number of aromatic nitrogens is 4. The quantitative estimate of drug-likeness (QED) is 0.386. The minimum Gasteiger partial charge on any atom is -0.424 e. The molecule has 0 N–H and O–H groups in total. The normalized spacial score (nSPS) is 11.2. The summed E-state index contributed by atoms with van der Waals surface area (Å²) in [5.41, 5.74) is 1.20. The fourth-order valence-electron chi connectivity index (χ4n) is 2.31. The molecule has 5 nitrogen and oxygen atoms in total. The Balaban J connectivity index is 1.62. The number of hydrogen-bond donors (Lipinski definition) is 0. The van der Waals surface area contributed by atoms with E-state index in [0.29, 0.717) is 17.5 Å². The molecule has 0 aliphatic rings. The molecule has 4 aromatic rings.